The molecule has 9 rings (SSSR count). The zero-order valence-electron chi connectivity index (χ0n) is 39.4. The molecule has 0 spiro atoms. The van der Waals surface area contributed by atoms with Crippen molar-refractivity contribution < 1.29 is 28.6 Å². The molecule has 0 radical (unpaired) electrons. The van der Waals surface area contributed by atoms with Crippen LogP contribution in [0, 0.1) is 5.92 Å². The van der Waals surface area contributed by atoms with Crippen LogP contribution in [0.5, 0.6) is 5.75 Å². The number of fused-ring (bicyclic) bond motifs is 1. The average Bonchev–Trinajstić information content (AvgIpc) is 3.71. The number of hydrogen-bond donors (Lipinski definition) is 2. The molecule has 2 saturated carbocycles. The topological polar surface area (TPSA) is 78.3 Å². The summed E-state index contributed by atoms with van der Waals surface area (Å²) in [5.74, 6) is 2.52. The van der Waals surface area contributed by atoms with E-state index in [1.165, 1.54) is 69.8 Å². The monoisotopic (exact) mass is 1040 g/mol. The molecule has 1 saturated heterocycles. The van der Waals surface area contributed by atoms with Gasteiger partial charge in [-0.05, 0) is 0 Å². The second-order valence-electron chi connectivity index (χ2n) is 20.2. The van der Waals surface area contributed by atoms with Crippen molar-refractivity contribution in [3.63, 3.8) is 0 Å². The molecule has 2 N–H and O–H groups in total. The van der Waals surface area contributed by atoms with Crippen LogP contribution in [0.15, 0.2) is 135 Å². The molecule has 5 aromatic carbocycles. The molecule has 7 nitrogen and oxygen atoms in total. The molecule has 8 heteroatoms. The van der Waals surface area contributed by atoms with Gasteiger partial charge in [0.05, 0.1) is 0 Å². The molecule has 0 bridgehead atoms. The van der Waals surface area contributed by atoms with Gasteiger partial charge in [0.1, 0.15) is 0 Å². The van der Waals surface area contributed by atoms with Gasteiger partial charge in [-0.15, -0.1) is 0 Å². The summed E-state index contributed by atoms with van der Waals surface area (Å²) in [5.41, 5.74) is 9.32. The molecule has 4 aliphatic rings. The average molecular weight is 1040 g/mol. The van der Waals surface area contributed by atoms with Gasteiger partial charge in [-0.25, -0.2) is 0 Å². The van der Waals surface area contributed by atoms with Crippen LogP contribution in [-0.2, 0) is 27.4 Å². The van der Waals surface area contributed by atoms with E-state index in [1.54, 1.807) is 7.11 Å². The standard InChI is InChI=1S/C22H28N3O.C21H29N2O.2C7H7.Hf/c1-14(2)16-9-8-10-17(15(3)4)21(16)19-13-24-22(23)25(19)18-11-6-7-12-20(18)26-5;22-21(24)19-14-8-7-13-18(19)20(16-9-3-1-4-10-16)15-23-17-11-5-2-6-12-17;2*1-7-5-3-2-4-6-7;/h6-12,14-15,19H,13H2,1-5H3,(H-,23,24);7-8,13-14,16-17,20H,1-6,9-12H2,(H2,22,24);2*2-6H,1H2;/q-1;;;;+2/p-1. The van der Waals surface area contributed by atoms with Crippen molar-refractivity contribution in [2.75, 3.05) is 18.6 Å². The number of nitrogens with zero attached hydrogens (tertiary/aromatic N) is 3. The summed E-state index contributed by atoms with van der Waals surface area (Å²) in [4.78, 5) is 24.7. The Morgan fingerprint density at radius 1 is 0.677 bits per heavy atom. The SMILES string of the molecule is COc1ccccc1N1C(=[N][Hf]2([CH2]c3ccccc3)([CH2]c3ccccc3)[NH]C(=O)c3ccccc3C(C3CCCCC3)[C]2=NC2CCCCC2)NCC1c1c(C(C)C)cccc1C(C)C. The molecule has 2 heterocycles. The van der Waals surface area contributed by atoms with Crippen molar-refractivity contribution in [1.29, 1.82) is 0 Å². The van der Waals surface area contributed by atoms with Crippen molar-refractivity contribution in [1.82, 2.24) is 8.62 Å². The molecular formula is C57H70HfN5O2. The van der Waals surface area contributed by atoms with Crippen LogP contribution < -0.4 is 18.3 Å². The zero-order valence-corrected chi connectivity index (χ0v) is 43.0. The summed E-state index contributed by atoms with van der Waals surface area (Å²) in [6, 6.07) is 45.9. The summed E-state index contributed by atoms with van der Waals surface area (Å²) >= 11 is -6.00. The van der Waals surface area contributed by atoms with E-state index in [2.05, 4.69) is 169 Å². The van der Waals surface area contributed by atoms with E-state index >= 15 is 4.79 Å². The summed E-state index contributed by atoms with van der Waals surface area (Å²) in [7, 11) is 1.77. The minimum absolute atomic E-state index is 0.00700. The fourth-order valence-electron chi connectivity index (χ4n) is 12.2. The first-order chi connectivity index (χ1) is 31.7. The number of aliphatic imine (C=N–C) groups is 1. The number of methoxy groups -OCH3 is 1. The number of nitrogens with one attached hydrogen (secondary N) is 2. The second-order valence-corrected chi connectivity index (χ2v) is 37.9. The van der Waals surface area contributed by atoms with Gasteiger partial charge in [-0.2, -0.15) is 0 Å². The van der Waals surface area contributed by atoms with Crippen LogP contribution in [0.25, 0.3) is 0 Å². The first-order valence-electron chi connectivity index (χ1n) is 24.8. The summed E-state index contributed by atoms with van der Waals surface area (Å²) < 4.78 is 19.6. The first kappa shape index (κ1) is 45.3. The van der Waals surface area contributed by atoms with Crippen molar-refractivity contribution in [2.24, 2.45) is 13.9 Å². The van der Waals surface area contributed by atoms with E-state index in [-0.39, 0.29) is 23.9 Å². The van der Waals surface area contributed by atoms with Crippen molar-refractivity contribution >= 4 is 21.0 Å². The number of rotatable bonds is 12. The van der Waals surface area contributed by atoms with E-state index in [0.29, 0.717) is 32.7 Å². The Morgan fingerprint density at radius 2 is 1.25 bits per heavy atom. The molecular weight excluding hydrogens is 965 g/mol. The third-order valence-corrected chi connectivity index (χ3v) is 35.2. The van der Waals surface area contributed by atoms with Crippen LogP contribution in [0.3, 0.4) is 0 Å². The van der Waals surface area contributed by atoms with E-state index in [0.717, 1.165) is 54.2 Å². The molecule has 65 heavy (non-hydrogen) atoms. The predicted molar refractivity (Wildman–Crippen MR) is 266 cm³/mol. The van der Waals surface area contributed by atoms with Crippen LogP contribution in [0.4, 0.5) is 5.69 Å². The molecule has 2 atom stereocenters. The summed E-state index contributed by atoms with van der Waals surface area (Å²) in [6.07, 6.45) is 11.6. The van der Waals surface area contributed by atoms with Gasteiger partial charge in [-0.3, -0.25) is 0 Å². The van der Waals surface area contributed by atoms with Gasteiger partial charge in [0.2, 0.25) is 0 Å². The Labute approximate surface area is 390 Å². The van der Waals surface area contributed by atoms with Gasteiger partial charge >= 0.3 is 393 Å². The normalized spacial score (nSPS) is 23.1. The minimum atomic E-state index is -6.00. The van der Waals surface area contributed by atoms with Crippen molar-refractivity contribution in [2.45, 2.75) is 130 Å². The number of carbonyl (C=O) groups excluding carboxylic acids is 1. The van der Waals surface area contributed by atoms with Gasteiger partial charge in [0.25, 0.3) is 0 Å². The zero-order chi connectivity index (χ0) is 45.0. The maximum absolute atomic E-state index is 15.9. The second kappa shape index (κ2) is 19.6. The Balaban J connectivity index is 1.42. The van der Waals surface area contributed by atoms with Gasteiger partial charge in [0, 0.05) is 0 Å². The molecule has 339 valence electrons. The Morgan fingerprint density at radius 3 is 1.86 bits per heavy atom. The molecule has 5 aromatic rings. The Kier molecular flexibility index (Phi) is 13.6. The number of hydrogen-bond acceptors (Lipinski definition) is 4. The number of anilines is 1. The van der Waals surface area contributed by atoms with Crippen LogP contribution in [-0.4, -0.2) is 35.0 Å². The number of carbonyl (C=O) groups is 1. The number of para-hydroxylation sites is 2. The van der Waals surface area contributed by atoms with Gasteiger partial charge in [0.15, 0.2) is 0 Å². The number of guanidine groups is 1. The van der Waals surface area contributed by atoms with Crippen LogP contribution in [0.1, 0.15) is 159 Å². The Bertz CT molecular complexity index is 2440. The maximum atomic E-state index is 15.9. The first-order valence-corrected chi connectivity index (χ1v) is 35.1. The van der Waals surface area contributed by atoms with E-state index in [4.69, 9.17) is 12.7 Å². The van der Waals surface area contributed by atoms with E-state index < -0.39 is 19.1 Å². The Hall–Kier alpha value is -4.82. The molecule has 2 unspecified atom stereocenters. The summed E-state index contributed by atoms with van der Waals surface area (Å²) in [6.45, 7) is 9.90. The van der Waals surface area contributed by atoms with Crippen molar-refractivity contribution in [3.8, 4) is 5.75 Å². The summed E-state index contributed by atoms with van der Waals surface area (Å²) in [5, 5.41) is 4.05. The fourth-order valence-corrected chi connectivity index (χ4v) is 35.0. The quantitative estimate of drug-likeness (QED) is 0.122. The number of benzene rings is 5. The third-order valence-electron chi connectivity index (χ3n) is 15.2. The van der Waals surface area contributed by atoms with Gasteiger partial charge in [-0.1, -0.05) is 0 Å². The predicted octanol–water partition coefficient (Wildman–Crippen LogP) is 13.2. The molecule has 2 aliphatic heterocycles. The van der Waals surface area contributed by atoms with Crippen LogP contribution in [0.2, 0.25) is 0 Å². The van der Waals surface area contributed by atoms with E-state index in [9.17, 15) is 0 Å². The molecule has 3 fully saturated rings. The van der Waals surface area contributed by atoms with Crippen LogP contribution >= 0.6 is 0 Å². The van der Waals surface area contributed by atoms with Crippen molar-refractivity contribution in [3.05, 3.63) is 166 Å². The van der Waals surface area contributed by atoms with Gasteiger partial charge < -0.3 is 0 Å². The van der Waals surface area contributed by atoms with E-state index in [1.807, 2.05) is 0 Å². The molecule has 0 aromatic heterocycles. The molecule has 2 aliphatic carbocycles. The number of amides is 1. The molecule has 1 amide bonds. The fraction of sp³-hybridized carbons (Fsp3) is 0.421. The number of ether oxygens (including phenoxy) is 1. The third kappa shape index (κ3) is 9.06.